The molecule has 1 atom stereocenters. The summed E-state index contributed by atoms with van der Waals surface area (Å²) in [5.74, 6) is -0.140. The highest BCUT2D eigenvalue weighted by atomic mass is 32.1. The van der Waals surface area contributed by atoms with E-state index in [1.807, 2.05) is 18.2 Å². The number of para-hydroxylation sites is 1. The van der Waals surface area contributed by atoms with Gasteiger partial charge in [0, 0.05) is 43.4 Å². The standard InChI is InChI=1S/C21H22N4O3S/c1-14-16(6-5-8-18(14)25(27)28)21(26)24-12-10-23(11-13-24)15(2)20-22-17-7-3-4-9-19(17)29-20/h3-9,15H,10-13H2,1-2H3. The van der Waals surface area contributed by atoms with Crippen molar-refractivity contribution >= 4 is 33.1 Å². The number of fused-ring (bicyclic) bond motifs is 1. The van der Waals surface area contributed by atoms with E-state index in [1.54, 1.807) is 35.3 Å². The van der Waals surface area contributed by atoms with Crippen molar-refractivity contribution in [1.82, 2.24) is 14.8 Å². The van der Waals surface area contributed by atoms with Gasteiger partial charge in [0.1, 0.15) is 5.01 Å². The molecule has 2 aromatic carbocycles. The van der Waals surface area contributed by atoms with Crippen molar-refractivity contribution in [2.75, 3.05) is 26.2 Å². The van der Waals surface area contributed by atoms with Crippen molar-refractivity contribution in [1.29, 1.82) is 0 Å². The SMILES string of the molecule is Cc1c(C(=O)N2CCN(C(C)c3nc4ccccc4s3)CC2)cccc1[N+](=O)[O-]. The van der Waals surface area contributed by atoms with Crippen LogP contribution in [-0.4, -0.2) is 51.8 Å². The van der Waals surface area contributed by atoms with Crippen LogP contribution >= 0.6 is 11.3 Å². The number of nitro groups is 1. The number of hydrogen-bond donors (Lipinski definition) is 0. The lowest BCUT2D eigenvalue weighted by molar-refractivity contribution is -0.385. The predicted octanol–water partition coefficient (Wildman–Crippen LogP) is 4.03. The van der Waals surface area contributed by atoms with Crippen molar-refractivity contribution in [3.63, 3.8) is 0 Å². The van der Waals surface area contributed by atoms with Gasteiger partial charge >= 0.3 is 0 Å². The van der Waals surface area contributed by atoms with Crippen LogP contribution in [0.4, 0.5) is 5.69 Å². The van der Waals surface area contributed by atoms with Gasteiger partial charge in [0.25, 0.3) is 11.6 Å². The third-order valence-corrected chi connectivity index (χ3v) is 6.76. The molecule has 0 aliphatic carbocycles. The minimum Gasteiger partial charge on any atom is -0.336 e. The first-order valence-corrected chi connectivity index (χ1v) is 10.4. The Labute approximate surface area is 172 Å². The van der Waals surface area contributed by atoms with E-state index >= 15 is 0 Å². The molecule has 3 aromatic rings. The lowest BCUT2D eigenvalue weighted by atomic mass is 10.1. The van der Waals surface area contributed by atoms with E-state index in [4.69, 9.17) is 4.98 Å². The normalized spacial score (nSPS) is 16.1. The van der Waals surface area contributed by atoms with Crippen LogP contribution in [0.25, 0.3) is 10.2 Å². The minimum atomic E-state index is -0.441. The lowest BCUT2D eigenvalue weighted by Gasteiger charge is -2.37. The monoisotopic (exact) mass is 410 g/mol. The van der Waals surface area contributed by atoms with Gasteiger partial charge < -0.3 is 4.90 Å². The van der Waals surface area contributed by atoms with Crippen molar-refractivity contribution in [2.24, 2.45) is 0 Å². The topological polar surface area (TPSA) is 79.6 Å². The van der Waals surface area contributed by atoms with Crippen LogP contribution < -0.4 is 0 Å². The van der Waals surface area contributed by atoms with Gasteiger partial charge in [0.05, 0.1) is 21.2 Å². The fourth-order valence-corrected chi connectivity index (χ4v) is 4.81. The van der Waals surface area contributed by atoms with Crippen LogP contribution in [0.3, 0.4) is 0 Å². The second-order valence-electron chi connectivity index (χ2n) is 7.23. The summed E-state index contributed by atoms with van der Waals surface area (Å²) in [5.41, 5.74) is 1.84. The Hall–Kier alpha value is -2.84. The number of carbonyl (C=O) groups is 1. The molecule has 8 heteroatoms. The number of carbonyl (C=O) groups excluding carboxylic acids is 1. The number of aromatic nitrogens is 1. The van der Waals surface area contributed by atoms with E-state index in [-0.39, 0.29) is 17.6 Å². The Balaban J connectivity index is 1.44. The van der Waals surface area contributed by atoms with Crippen LogP contribution in [-0.2, 0) is 0 Å². The van der Waals surface area contributed by atoms with E-state index in [9.17, 15) is 14.9 Å². The number of piperazine rings is 1. The Morgan fingerprint density at radius 2 is 1.86 bits per heavy atom. The highest BCUT2D eigenvalue weighted by Crippen LogP contribution is 2.30. The summed E-state index contributed by atoms with van der Waals surface area (Å²) in [6.07, 6.45) is 0. The van der Waals surface area contributed by atoms with E-state index < -0.39 is 4.92 Å². The number of nitro benzene ring substituents is 1. The average molecular weight is 410 g/mol. The fourth-order valence-electron chi connectivity index (χ4n) is 3.76. The summed E-state index contributed by atoms with van der Waals surface area (Å²) in [4.78, 5) is 32.5. The molecule has 1 fully saturated rings. The third-order valence-electron chi connectivity index (χ3n) is 5.55. The molecule has 29 heavy (non-hydrogen) atoms. The van der Waals surface area contributed by atoms with Crippen molar-refractivity contribution in [2.45, 2.75) is 19.9 Å². The number of rotatable bonds is 4. The van der Waals surface area contributed by atoms with Crippen LogP contribution in [0.5, 0.6) is 0 Å². The molecule has 0 bridgehead atoms. The van der Waals surface area contributed by atoms with Gasteiger partial charge in [-0.1, -0.05) is 18.2 Å². The van der Waals surface area contributed by atoms with Gasteiger partial charge in [-0.25, -0.2) is 4.98 Å². The molecular formula is C21H22N4O3S. The molecule has 4 rings (SSSR count). The van der Waals surface area contributed by atoms with E-state index in [0.29, 0.717) is 24.2 Å². The molecule has 0 N–H and O–H groups in total. The second-order valence-corrected chi connectivity index (χ2v) is 8.29. The first-order chi connectivity index (χ1) is 14.0. The molecule has 1 amide bonds. The third kappa shape index (κ3) is 3.73. The molecule has 1 aliphatic rings. The van der Waals surface area contributed by atoms with Crippen molar-refractivity contribution in [3.8, 4) is 0 Å². The summed E-state index contributed by atoms with van der Waals surface area (Å²) >= 11 is 1.71. The molecule has 1 saturated heterocycles. The Morgan fingerprint density at radius 1 is 1.14 bits per heavy atom. The molecule has 0 radical (unpaired) electrons. The van der Waals surface area contributed by atoms with Gasteiger partial charge in [-0.3, -0.25) is 19.8 Å². The lowest BCUT2D eigenvalue weighted by Crippen LogP contribution is -2.49. The summed E-state index contributed by atoms with van der Waals surface area (Å²) in [7, 11) is 0. The predicted molar refractivity (Wildman–Crippen MR) is 113 cm³/mol. The van der Waals surface area contributed by atoms with Gasteiger partial charge in [-0.15, -0.1) is 11.3 Å². The Morgan fingerprint density at radius 3 is 2.55 bits per heavy atom. The summed E-state index contributed by atoms with van der Waals surface area (Å²) in [6, 6.07) is 13.0. The minimum absolute atomic E-state index is 0.0149. The maximum Gasteiger partial charge on any atom is 0.273 e. The summed E-state index contributed by atoms with van der Waals surface area (Å²) in [6.45, 7) is 6.47. The molecular weight excluding hydrogens is 388 g/mol. The van der Waals surface area contributed by atoms with Crippen LogP contribution in [0.15, 0.2) is 42.5 Å². The zero-order valence-electron chi connectivity index (χ0n) is 16.4. The largest absolute Gasteiger partial charge is 0.336 e. The fraction of sp³-hybridized carbons (Fsp3) is 0.333. The Kier molecular flexibility index (Phi) is 5.29. The number of nitrogens with zero attached hydrogens (tertiary/aromatic N) is 4. The number of amides is 1. The molecule has 1 aromatic heterocycles. The quantitative estimate of drug-likeness (QED) is 0.479. The van der Waals surface area contributed by atoms with Gasteiger partial charge in [0.2, 0.25) is 0 Å². The smallest absolute Gasteiger partial charge is 0.273 e. The maximum absolute atomic E-state index is 12.9. The van der Waals surface area contributed by atoms with Crippen LogP contribution in [0.2, 0.25) is 0 Å². The van der Waals surface area contributed by atoms with Gasteiger partial charge in [0.15, 0.2) is 0 Å². The zero-order chi connectivity index (χ0) is 20.5. The van der Waals surface area contributed by atoms with Crippen molar-refractivity contribution < 1.29 is 9.72 Å². The van der Waals surface area contributed by atoms with Crippen LogP contribution in [0, 0.1) is 17.0 Å². The highest BCUT2D eigenvalue weighted by Gasteiger charge is 2.28. The maximum atomic E-state index is 12.9. The first-order valence-electron chi connectivity index (χ1n) is 9.58. The number of thiazole rings is 1. The Bertz CT molecular complexity index is 1040. The molecule has 1 unspecified atom stereocenters. The zero-order valence-corrected chi connectivity index (χ0v) is 17.2. The molecule has 150 valence electrons. The van der Waals surface area contributed by atoms with Gasteiger partial charge in [-0.2, -0.15) is 0 Å². The van der Waals surface area contributed by atoms with E-state index in [2.05, 4.69) is 17.9 Å². The molecule has 1 aliphatic heterocycles. The first kappa shape index (κ1) is 19.5. The number of hydrogen-bond acceptors (Lipinski definition) is 6. The summed E-state index contributed by atoms with van der Waals surface area (Å²) in [5, 5.41) is 12.2. The molecule has 0 spiro atoms. The van der Waals surface area contributed by atoms with Crippen LogP contribution in [0.1, 0.15) is 33.9 Å². The van der Waals surface area contributed by atoms with E-state index in [1.165, 1.54) is 10.8 Å². The van der Waals surface area contributed by atoms with Gasteiger partial charge in [-0.05, 0) is 32.0 Å². The molecule has 7 nitrogen and oxygen atoms in total. The van der Waals surface area contributed by atoms with E-state index in [0.717, 1.165) is 23.6 Å². The molecule has 0 saturated carbocycles. The molecule has 2 heterocycles. The van der Waals surface area contributed by atoms with Crippen molar-refractivity contribution in [3.05, 3.63) is 68.7 Å². The average Bonchev–Trinajstić information content (AvgIpc) is 3.17. The highest BCUT2D eigenvalue weighted by molar-refractivity contribution is 7.18. The summed E-state index contributed by atoms with van der Waals surface area (Å²) < 4.78 is 1.18. The second kappa shape index (κ2) is 7.88. The number of benzene rings is 2.